The Labute approximate surface area is 152 Å². The van der Waals surface area contributed by atoms with Crippen molar-refractivity contribution in [2.45, 2.75) is 69.7 Å². The minimum Gasteiger partial charge on any atom is -0.459 e. The monoisotopic (exact) mass is 366 g/mol. The number of carbonyl (C=O) groups is 2. The van der Waals surface area contributed by atoms with Crippen LogP contribution in [0, 0.1) is 11.8 Å². The normalized spacial score (nSPS) is 45.2. The average Bonchev–Trinajstić information content (AvgIpc) is 2.91. The van der Waals surface area contributed by atoms with E-state index in [1.165, 1.54) is 0 Å². The van der Waals surface area contributed by atoms with Crippen molar-refractivity contribution < 1.29 is 34.0 Å². The summed E-state index contributed by atoms with van der Waals surface area (Å²) >= 11 is 0. The molecular formula is C19H26O7. The van der Waals surface area contributed by atoms with Crippen LogP contribution in [0.15, 0.2) is 24.3 Å². The van der Waals surface area contributed by atoms with E-state index >= 15 is 0 Å². The molecule has 0 amide bonds. The number of hydrogen-bond donors (Lipinski definition) is 2. The molecule has 0 radical (unpaired) electrons. The number of ether oxygens (including phenoxy) is 3. The molecule has 3 aliphatic heterocycles. The zero-order chi connectivity index (χ0) is 19.4. The van der Waals surface area contributed by atoms with Crippen LogP contribution in [0.2, 0.25) is 0 Å². The summed E-state index contributed by atoms with van der Waals surface area (Å²) in [6.45, 7) is 12.3. The van der Waals surface area contributed by atoms with Crippen LogP contribution in [-0.4, -0.2) is 51.9 Å². The van der Waals surface area contributed by atoms with Crippen LogP contribution in [0.25, 0.3) is 0 Å². The van der Waals surface area contributed by atoms with Gasteiger partial charge in [-0.1, -0.05) is 25.7 Å². The van der Waals surface area contributed by atoms with E-state index in [0.29, 0.717) is 5.57 Å². The van der Waals surface area contributed by atoms with Crippen molar-refractivity contribution in [3.05, 3.63) is 24.3 Å². The Morgan fingerprint density at radius 2 is 2.04 bits per heavy atom. The molecule has 0 aromatic rings. The van der Waals surface area contributed by atoms with Gasteiger partial charge >= 0.3 is 11.9 Å². The van der Waals surface area contributed by atoms with Crippen LogP contribution in [-0.2, 0) is 23.8 Å². The van der Waals surface area contributed by atoms with Crippen molar-refractivity contribution >= 4 is 11.9 Å². The Morgan fingerprint density at radius 3 is 2.65 bits per heavy atom. The maximum absolute atomic E-state index is 12.3. The first-order chi connectivity index (χ1) is 11.9. The van der Waals surface area contributed by atoms with Gasteiger partial charge < -0.3 is 24.4 Å². The van der Waals surface area contributed by atoms with Crippen molar-refractivity contribution in [2.75, 3.05) is 0 Å². The van der Waals surface area contributed by atoms with E-state index in [0.717, 1.165) is 0 Å². The Bertz CT molecular complexity index is 667. The maximum atomic E-state index is 12.3. The number of fused-ring (bicyclic) bond motifs is 4. The highest BCUT2D eigenvalue weighted by Gasteiger charge is 2.62. The largest absolute Gasteiger partial charge is 0.459 e. The predicted octanol–water partition coefficient (Wildman–Crippen LogP) is 1.23. The van der Waals surface area contributed by atoms with E-state index in [4.69, 9.17) is 14.2 Å². The van der Waals surface area contributed by atoms with E-state index in [1.807, 2.05) is 0 Å². The van der Waals surface area contributed by atoms with Crippen LogP contribution >= 0.6 is 0 Å². The standard InChI is InChI=1S/C19H26O7/c1-9(2)16(20)24-12-6-10(3)7-19(23)8-18(5,22)15(26-19)14-13(12)11(4)17(21)25-14/h11-15,22-23H,1,3,6-8H2,2,4-5H3/t11-,12-,13+,14-,15-,18+,19+/m0/s1. The average molecular weight is 366 g/mol. The van der Waals surface area contributed by atoms with Gasteiger partial charge in [0.25, 0.3) is 0 Å². The second-order valence-electron chi connectivity index (χ2n) is 8.14. The van der Waals surface area contributed by atoms with Gasteiger partial charge in [-0.3, -0.25) is 4.79 Å². The van der Waals surface area contributed by atoms with Crippen LogP contribution in [0.1, 0.15) is 40.0 Å². The lowest BCUT2D eigenvalue weighted by Crippen LogP contribution is -2.49. The predicted molar refractivity (Wildman–Crippen MR) is 90.7 cm³/mol. The van der Waals surface area contributed by atoms with Gasteiger partial charge in [0.15, 0.2) is 5.79 Å². The third kappa shape index (κ3) is 3.19. The third-order valence-electron chi connectivity index (χ3n) is 5.52. The van der Waals surface area contributed by atoms with Crippen LogP contribution < -0.4 is 0 Å². The molecule has 144 valence electrons. The molecule has 2 bridgehead atoms. The quantitative estimate of drug-likeness (QED) is 0.430. The molecule has 3 heterocycles. The van der Waals surface area contributed by atoms with Gasteiger partial charge in [-0.05, 0) is 13.8 Å². The SMILES string of the molecule is C=C1C[C@H](OC(=O)C(=C)C)[C@@H]2[C@H](OC(=O)[C@H]2C)[C@@H]2O[C@](O)(C1)C[C@@]2(C)O. The zero-order valence-corrected chi connectivity index (χ0v) is 15.4. The van der Waals surface area contributed by atoms with Crippen molar-refractivity contribution in [2.24, 2.45) is 11.8 Å². The van der Waals surface area contributed by atoms with Gasteiger partial charge in [-0.15, -0.1) is 0 Å². The van der Waals surface area contributed by atoms with E-state index in [9.17, 15) is 19.8 Å². The summed E-state index contributed by atoms with van der Waals surface area (Å²) in [5.74, 6) is -3.69. The molecule has 26 heavy (non-hydrogen) atoms. The number of aliphatic hydroxyl groups is 2. The molecule has 0 aliphatic carbocycles. The van der Waals surface area contributed by atoms with Gasteiger partial charge in [0.2, 0.25) is 0 Å². The topological polar surface area (TPSA) is 102 Å². The molecule has 0 aromatic carbocycles. The highest BCUT2D eigenvalue weighted by molar-refractivity contribution is 5.87. The molecule has 3 saturated heterocycles. The maximum Gasteiger partial charge on any atom is 0.333 e. The lowest BCUT2D eigenvalue weighted by atomic mass is 9.76. The van der Waals surface area contributed by atoms with E-state index in [1.54, 1.807) is 20.8 Å². The van der Waals surface area contributed by atoms with Gasteiger partial charge in [-0.2, -0.15) is 0 Å². The number of hydrogen-bond acceptors (Lipinski definition) is 7. The second kappa shape index (κ2) is 6.18. The summed E-state index contributed by atoms with van der Waals surface area (Å²) in [4.78, 5) is 24.4. The van der Waals surface area contributed by atoms with E-state index < -0.39 is 53.5 Å². The lowest BCUT2D eigenvalue weighted by molar-refractivity contribution is -0.216. The fourth-order valence-corrected chi connectivity index (χ4v) is 4.39. The summed E-state index contributed by atoms with van der Waals surface area (Å²) in [6, 6.07) is 0. The lowest BCUT2D eigenvalue weighted by Gasteiger charge is -2.34. The van der Waals surface area contributed by atoms with Gasteiger partial charge in [-0.25, -0.2) is 4.79 Å². The van der Waals surface area contributed by atoms with E-state index in [2.05, 4.69) is 13.2 Å². The summed E-state index contributed by atoms with van der Waals surface area (Å²) in [5.41, 5.74) is -0.549. The number of rotatable bonds is 2. The molecule has 0 aromatic heterocycles. The molecule has 7 atom stereocenters. The smallest absolute Gasteiger partial charge is 0.333 e. The molecule has 3 rings (SSSR count). The molecule has 3 aliphatic rings. The van der Waals surface area contributed by atoms with Crippen LogP contribution in [0.3, 0.4) is 0 Å². The highest BCUT2D eigenvalue weighted by Crippen LogP contribution is 2.49. The number of esters is 2. The molecule has 0 spiro atoms. The Balaban J connectivity index is 2.02. The summed E-state index contributed by atoms with van der Waals surface area (Å²) in [5, 5.41) is 21.6. The Hall–Kier alpha value is -1.70. The molecule has 7 nitrogen and oxygen atoms in total. The molecule has 7 heteroatoms. The van der Waals surface area contributed by atoms with Gasteiger partial charge in [0.1, 0.15) is 18.3 Å². The summed E-state index contributed by atoms with van der Waals surface area (Å²) in [6.07, 6.45) is -2.11. The van der Waals surface area contributed by atoms with Crippen LogP contribution in [0.5, 0.6) is 0 Å². The minimum atomic E-state index is -1.60. The van der Waals surface area contributed by atoms with Crippen molar-refractivity contribution in [3.8, 4) is 0 Å². The molecule has 3 fully saturated rings. The minimum absolute atomic E-state index is 0.0188. The first-order valence-corrected chi connectivity index (χ1v) is 8.80. The molecular weight excluding hydrogens is 340 g/mol. The van der Waals surface area contributed by atoms with Crippen molar-refractivity contribution in [1.82, 2.24) is 0 Å². The zero-order valence-electron chi connectivity index (χ0n) is 15.4. The summed E-state index contributed by atoms with van der Waals surface area (Å²) < 4.78 is 16.9. The fraction of sp³-hybridized carbons (Fsp3) is 0.684. The van der Waals surface area contributed by atoms with Crippen molar-refractivity contribution in [1.29, 1.82) is 0 Å². The molecule has 2 N–H and O–H groups in total. The van der Waals surface area contributed by atoms with Crippen LogP contribution in [0.4, 0.5) is 0 Å². The molecule has 0 saturated carbocycles. The summed E-state index contributed by atoms with van der Waals surface area (Å²) in [7, 11) is 0. The first kappa shape index (κ1) is 19.1. The fourth-order valence-electron chi connectivity index (χ4n) is 4.39. The third-order valence-corrected chi connectivity index (χ3v) is 5.52. The highest BCUT2D eigenvalue weighted by atomic mass is 16.7. The van der Waals surface area contributed by atoms with Gasteiger partial charge in [0.05, 0.1) is 11.5 Å². The molecule has 0 unspecified atom stereocenters. The second-order valence-corrected chi connectivity index (χ2v) is 8.14. The van der Waals surface area contributed by atoms with Gasteiger partial charge in [0, 0.05) is 30.8 Å². The Morgan fingerprint density at radius 1 is 1.38 bits per heavy atom. The van der Waals surface area contributed by atoms with Crippen molar-refractivity contribution in [3.63, 3.8) is 0 Å². The Kier molecular flexibility index (Phi) is 4.53. The number of carbonyl (C=O) groups excluding carboxylic acids is 2. The first-order valence-electron chi connectivity index (χ1n) is 8.80. The van der Waals surface area contributed by atoms with E-state index in [-0.39, 0.29) is 24.8 Å².